The summed E-state index contributed by atoms with van der Waals surface area (Å²) in [5.74, 6) is 0.915. The summed E-state index contributed by atoms with van der Waals surface area (Å²) in [6.45, 7) is 0.653. The highest BCUT2D eigenvalue weighted by atomic mass is 127. The molecule has 3 aromatic rings. The van der Waals surface area contributed by atoms with Gasteiger partial charge < -0.3 is 9.73 Å². The molecular weight excluding hydrogens is 419 g/mol. The molecule has 0 aliphatic heterocycles. The van der Waals surface area contributed by atoms with Gasteiger partial charge in [-0.15, -0.1) is 0 Å². The van der Waals surface area contributed by atoms with Crippen molar-refractivity contribution in [3.8, 4) is 0 Å². The SMILES string of the molecule is Brc1cnc2c(NCc3ccc(I)o3)cccc2c1. The summed E-state index contributed by atoms with van der Waals surface area (Å²) >= 11 is 5.60. The van der Waals surface area contributed by atoms with E-state index in [0.717, 1.165) is 30.6 Å². The van der Waals surface area contributed by atoms with E-state index in [9.17, 15) is 0 Å². The molecule has 0 atom stereocenters. The number of anilines is 1. The molecule has 0 spiro atoms. The predicted molar refractivity (Wildman–Crippen MR) is 88.2 cm³/mol. The molecule has 1 N–H and O–H groups in total. The molecule has 0 amide bonds. The van der Waals surface area contributed by atoms with Gasteiger partial charge in [-0.2, -0.15) is 0 Å². The van der Waals surface area contributed by atoms with Crippen LogP contribution < -0.4 is 5.32 Å². The number of hydrogen-bond acceptors (Lipinski definition) is 3. The monoisotopic (exact) mass is 428 g/mol. The Kier molecular flexibility index (Phi) is 3.74. The Bertz CT molecular complexity index is 726. The summed E-state index contributed by atoms with van der Waals surface area (Å²) in [5.41, 5.74) is 1.98. The van der Waals surface area contributed by atoms with Crippen molar-refractivity contribution in [2.75, 3.05) is 5.32 Å². The molecule has 0 radical (unpaired) electrons. The third kappa shape index (κ3) is 2.92. The topological polar surface area (TPSA) is 38.1 Å². The lowest BCUT2D eigenvalue weighted by atomic mass is 10.2. The van der Waals surface area contributed by atoms with Gasteiger partial charge in [0, 0.05) is 16.1 Å². The molecule has 0 aliphatic carbocycles. The second-order valence-electron chi connectivity index (χ2n) is 4.09. The zero-order chi connectivity index (χ0) is 13.2. The lowest BCUT2D eigenvalue weighted by molar-refractivity contribution is 0.493. The van der Waals surface area contributed by atoms with Crippen LogP contribution >= 0.6 is 38.5 Å². The number of nitrogens with zero attached hydrogens (tertiary/aromatic N) is 1. The predicted octanol–water partition coefficient (Wildman–Crippen LogP) is 4.81. The maximum atomic E-state index is 5.53. The first-order valence-electron chi connectivity index (χ1n) is 5.75. The maximum absolute atomic E-state index is 5.53. The molecule has 5 heteroatoms. The van der Waals surface area contributed by atoms with Crippen LogP contribution in [0.25, 0.3) is 10.9 Å². The van der Waals surface area contributed by atoms with Crippen LogP contribution in [0.1, 0.15) is 5.76 Å². The van der Waals surface area contributed by atoms with Crippen LogP contribution in [0.3, 0.4) is 0 Å². The zero-order valence-corrected chi connectivity index (χ0v) is 13.6. The van der Waals surface area contributed by atoms with Crippen LogP contribution in [0.2, 0.25) is 0 Å². The van der Waals surface area contributed by atoms with E-state index in [1.807, 2.05) is 36.5 Å². The van der Waals surface area contributed by atoms with E-state index in [2.05, 4.69) is 54.9 Å². The van der Waals surface area contributed by atoms with Crippen molar-refractivity contribution in [3.63, 3.8) is 0 Å². The number of rotatable bonds is 3. The van der Waals surface area contributed by atoms with Gasteiger partial charge in [-0.1, -0.05) is 12.1 Å². The Morgan fingerprint density at radius 3 is 2.95 bits per heavy atom. The molecule has 3 rings (SSSR count). The minimum atomic E-state index is 0.653. The largest absolute Gasteiger partial charge is 0.454 e. The lowest BCUT2D eigenvalue weighted by Crippen LogP contribution is -1.99. The molecule has 3 nitrogen and oxygen atoms in total. The van der Waals surface area contributed by atoms with Crippen molar-refractivity contribution in [2.24, 2.45) is 0 Å². The van der Waals surface area contributed by atoms with Crippen molar-refractivity contribution < 1.29 is 4.42 Å². The van der Waals surface area contributed by atoms with Gasteiger partial charge >= 0.3 is 0 Å². The Morgan fingerprint density at radius 1 is 1.26 bits per heavy atom. The number of pyridine rings is 1. The first-order valence-corrected chi connectivity index (χ1v) is 7.62. The van der Waals surface area contributed by atoms with Crippen molar-refractivity contribution in [2.45, 2.75) is 6.54 Å². The van der Waals surface area contributed by atoms with Crippen LogP contribution in [-0.2, 0) is 6.54 Å². The summed E-state index contributed by atoms with van der Waals surface area (Å²) in [6.07, 6.45) is 1.81. The fourth-order valence-corrected chi connectivity index (χ4v) is 2.72. The molecule has 0 fully saturated rings. The number of aromatic nitrogens is 1. The normalized spacial score (nSPS) is 10.8. The van der Waals surface area contributed by atoms with Gasteiger partial charge in [0.1, 0.15) is 5.76 Å². The van der Waals surface area contributed by atoms with Gasteiger partial charge in [-0.3, -0.25) is 4.98 Å². The molecule has 0 unspecified atom stereocenters. The number of nitrogens with one attached hydrogen (secondary N) is 1. The van der Waals surface area contributed by atoms with Gasteiger partial charge in [-0.05, 0) is 62.8 Å². The average Bonchev–Trinajstić information content (AvgIpc) is 2.81. The quantitative estimate of drug-likeness (QED) is 0.608. The van der Waals surface area contributed by atoms with E-state index in [4.69, 9.17) is 4.42 Å². The summed E-state index contributed by atoms with van der Waals surface area (Å²) in [4.78, 5) is 4.46. The fraction of sp³-hybridized carbons (Fsp3) is 0.0714. The molecule has 2 aromatic heterocycles. The Morgan fingerprint density at radius 2 is 2.16 bits per heavy atom. The van der Waals surface area contributed by atoms with Crippen LogP contribution in [0.15, 0.2) is 51.5 Å². The first kappa shape index (κ1) is 12.9. The number of para-hydroxylation sites is 1. The van der Waals surface area contributed by atoms with Crippen molar-refractivity contribution in [3.05, 3.63) is 56.6 Å². The second kappa shape index (κ2) is 5.50. The number of fused-ring (bicyclic) bond motifs is 1. The van der Waals surface area contributed by atoms with Crippen LogP contribution in [0.5, 0.6) is 0 Å². The molecule has 0 saturated heterocycles. The van der Waals surface area contributed by atoms with E-state index in [1.54, 1.807) is 0 Å². The standard InChI is InChI=1S/C14H10BrIN2O/c15-10-6-9-2-1-3-12(14(9)18-7-10)17-8-11-4-5-13(16)19-11/h1-7,17H,8H2. The van der Waals surface area contributed by atoms with E-state index in [1.165, 1.54) is 0 Å². The maximum Gasteiger partial charge on any atom is 0.164 e. The first-order chi connectivity index (χ1) is 9.22. The zero-order valence-electron chi connectivity index (χ0n) is 9.86. The Hall–Kier alpha value is -1.08. The molecule has 0 bridgehead atoms. The van der Waals surface area contributed by atoms with Gasteiger partial charge in [0.25, 0.3) is 0 Å². The van der Waals surface area contributed by atoms with E-state index in [-0.39, 0.29) is 0 Å². The van der Waals surface area contributed by atoms with Crippen LogP contribution in [0, 0.1) is 3.77 Å². The number of hydrogen-bond donors (Lipinski definition) is 1. The molecular formula is C14H10BrIN2O. The molecule has 2 heterocycles. The van der Waals surface area contributed by atoms with E-state index >= 15 is 0 Å². The smallest absolute Gasteiger partial charge is 0.164 e. The van der Waals surface area contributed by atoms with E-state index < -0.39 is 0 Å². The summed E-state index contributed by atoms with van der Waals surface area (Å²) in [6, 6.07) is 12.1. The fourth-order valence-electron chi connectivity index (χ4n) is 1.91. The van der Waals surface area contributed by atoms with Crippen LogP contribution in [-0.4, -0.2) is 4.98 Å². The average molecular weight is 429 g/mol. The summed E-state index contributed by atoms with van der Waals surface area (Å²) in [7, 11) is 0. The summed E-state index contributed by atoms with van der Waals surface area (Å²) in [5, 5.41) is 4.47. The number of furan rings is 1. The highest BCUT2D eigenvalue weighted by Gasteiger charge is 2.04. The van der Waals surface area contributed by atoms with Crippen LogP contribution in [0.4, 0.5) is 5.69 Å². The minimum absolute atomic E-state index is 0.653. The summed E-state index contributed by atoms with van der Waals surface area (Å²) < 4.78 is 7.41. The second-order valence-corrected chi connectivity index (χ2v) is 6.07. The third-order valence-electron chi connectivity index (χ3n) is 2.76. The van der Waals surface area contributed by atoms with Gasteiger partial charge in [0.15, 0.2) is 3.77 Å². The number of benzene rings is 1. The number of halogens is 2. The molecule has 0 saturated carbocycles. The van der Waals surface area contributed by atoms with Crippen molar-refractivity contribution in [1.29, 1.82) is 0 Å². The Balaban J connectivity index is 1.88. The molecule has 1 aromatic carbocycles. The van der Waals surface area contributed by atoms with Gasteiger partial charge in [0.2, 0.25) is 0 Å². The lowest BCUT2D eigenvalue weighted by Gasteiger charge is -2.08. The molecule has 96 valence electrons. The Labute approximate surface area is 132 Å². The van der Waals surface area contributed by atoms with Crippen molar-refractivity contribution >= 4 is 55.1 Å². The van der Waals surface area contributed by atoms with E-state index in [0.29, 0.717) is 6.54 Å². The van der Waals surface area contributed by atoms with Gasteiger partial charge in [0.05, 0.1) is 17.7 Å². The van der Waals surface area contributed by atoms with Crippen molar-refractivity contribution in [1.82, 2.24) is 4.98 Å². The minimum Gasteiger partial charge on any atom is -0.454 e. The van der Waals surface area contributed by atoms with Gasteiger partial charge in [-0.25, -0.2) is 0 Å². The highest BCUT2D eigenvalue weighted by molar-refractivity contribution is 14.1. The third-order valence-corrected chi connectivity index (χ3v) is 3.77. The molecule has 0 aliphatic rings. The highest BCUT2D eigenvalue weighted by Crippen LogP contribution is 2.24. The molecule has 19 heavy (non-hydrogen) atoms.